The van der Waals surface area contributed by atoms with Crippen molar-refractivity contribution >= 4 is 11.8 Å². The fourth-order valence-electron chi connectivity index (χ4n) is 2.99. The quantitative estimate of drug-likeness (QED) is 0.778. The average molecular weight is 233 g/mol. The second-order valence-corrected chi connectivity index (χ2v) is 5.53. The number of imide groups is 1. The van der Waals surface area contributed by atoms with Gasteiger partial charge >= 0.3 is 0 Å². The van der Waals surface area contributed by atoms with Crippen LogP contribution in [0.1, 0.15) is 32.4 Å². The largest absolute Gasteiger partial charge is 0.285 e. The van der Waals surface area contributed by atoms with Gasteiger partial charge in [0.2, 0.25) is 11.8 Å². The summed E-state index contributed by atoms with van der Waals surface area (Å²) >= 11 is 0. The number of hydrogen-bond donors (Lipinski definition) is 1. The molecule has 5 nitrogen and oxygen atoms in total. The van der Waals surface area contributed by atoms with Crippen molar-refractivity contribution in [1.82, 2.24) is 15.1 Å². The molecule has 1 N–H and O–H groups in total. The average Bonchev–Trinajstić information content (AvgIpc) is 2.68. The van der Waals surface area contributed by atoms with Gasteiger partial charge in [0.25, 0.3) is 0 Å². The SMILES string of the molecule is CC(c1cn[nH]c1)N1C(=O)C2C(C1=O)C2(C)C. The molecule has 2 heterocycles. The fourth-order valence-corrected chi connectivity index (χ4v) is 2.99. The molecule has 0 radical (unpaired) electrons. The third-order valence-corrected chi connectivity index (χ3v) is 4.22. The van der Waals surface area contributed by atoms with Crippen LogP contribution in [0.2, 0.25) is 0 Å². The van der Waals surface area contributed by atoms with Crippen LogP contribution in [0.15, 0.2) is 12.4 Å². The molecule has 90 valence electrons. The summed E-state index contributed by atoms with van der Waals surface area (Å²) in [6, 6.07) is -0.225. The first-order valence-corrected chi connectivity index (χ1v) is 5.82. The van der Waals surface area contributed by atoms with Crippen molar-refractivity contribution in [3.05, 3.63) is 18.0 Å². The number of fused-ring (bicyclic) bond motifs is 1. The van der Waals surface area contributed by atoms with Crippen LogP contribution in [-0.2, 0) is 9.59 Å². The minimum atomic E-state index is -0.225. The Morgan fingerprint density at radius 3 is 2.41 bits per heavy atom. The number of likely N-dealkylation sites (tertiary alicyclic amines) is 1. The van der Waals surface area contributed by atoms with Gasteiger partial charge in [-0.1, -0.05) is 13.8 Å². The van der Waals surface area contributed by atoms with Gasteiger partial charge in [-0.2, -0.15) is 5.10 Å². The molecule has 1 aromatic rings. The number of nitrogens with one attached hydrogen (secondary N) is 1. The number of H-pyrrole nitrogens is 1. The van der Waals surface area contributed by atoms with E-state index < -0.39 is 0 Å². The molecule has 3 unspecified atom stereocenters. The molecule has 1 aliphatic heterocycles. The first-order valence-electron chi connectivity index (χ1n) is 5.82. The van der Waals surface area contributed by atoms with Crippen molar-refractivity contribution in [3.63, 3.8) is 0 Å². The Morgan fingerprint density at radius 2 is 1.94 bits per heavy atom. The second kappa shape index (κ2) is 2.97. The van der Waals surface area contributed by atoms with E-state index in [1.54, 1.807) is 12.4 Å². The summed E-state index contributed by atoms with van der Waals surface area (Å²) in [5.41, 5.74) is 0.728. The van der Waals surface area contributed by atoms with E-state index in [1.165, 1.54) is 4.90 Å². The maximum Gasteiger partial charge on any atom is 0.234 e. The van der Waals surface area contributed by atoms with Crippen molar-refractivity contribution in [2.45, 2.75) is 26.8 Å². The topological polar surface area (TPSA) is 66.1 Å². The monoisotopic (exact) mass is 233 g/mol. The number of nitrogens with zero attached hydrogens (tertiary/aromatic N) is 2. The summed E-state index contributed by atoms with van der Waals surface area (Å²) in [5.74, 6) is -0.272. The first-order chi connectivity index (χ1) is 7.96. The number of carbonyl (C=O) groups excluding carboxylic acids is 2. The highest BCUT2D eigenvalue weighted by Crippen LogP contribution is 2.64. The Morgan fingerprint density at radius 1 is 1.35 bits per heavy atom. The maximum atomic E-state index is 12.2. The van der Waals surface area contributed by atoms with E-state index in [2.05, 4.69) is 10.2 Å². The third-order valence-electron chi connectivity index (χ3n) is 4.22. The lowest BCUT2D eigenvalue weighted by Crippen LogP contribution is -2.38. The van der Waals surface area contributed by atoms with Gasteiger partial charge in [-0.3, -0.25) is 19.6 Å². The molecule has 3 atom stereocenters. The van der Waals surface area contributed by atoms with Gasteiger partial charge in [-0.15, -0.1) is 0 Å². The van der Waals surface area contributed by atoms with Crippen LogP contribution in [0.3, 0.4) is 0 Å². The number of hydrogen-bond acceptors (Lipinski definition) is 3. The van der Waals surface area contributed by atoms with Crippen LogP contribution < -0.4 is 0 Å². The highest BCUT2D eigenvalue weighted by atomic mass is 16.2. The van der Waals surface area contributed by atoms with E-state index in [4.69, 9.17) is 0 Å². The van der Waals surface area contributed by atoms with Crippen molar-refractivity contribution in [2.24, 2.45) is 17.3 Å². The molecule has 3 rings (SSSR count). The number of amides is 2. The van der Waals surface area contributed by atoms with Crippen LogP contribution in [0.4, 0.5) is 0 Å². The lowest BCUT2D eigenvalue weighted by Gasteiger charge is -2.26. The lowest BCUT2D eigenvalue weighted by atomic mass is 10.0. The van der Waals surface area contributed by atoms with Gasteiger partial charge in [0.15, 0.2) is 0 Å². The van der Waals surface area contributed by atoms with Crippen molar-refractivity contribution in [2.75, 3.05) is 0 Å². The van der Waals surface area contributed by atoms with Gasteiger partial charge in [0, 0.05) is 11.8 Å². The Balaban J connectivity index is 1.88. The van der Waals surface area contributed by atoms with Gasteiger partial charge in [0.1, 0.15) is 0 Å². The molecule has 2 fully saturated rings. The minimum absolute atomic E-state index is 0.0290. The molecular weight excluding hydrogens is 218 g/mol. The Labute approximate surface area is 99.2 Å². The van der Waals surface area contributed by atoms with Crippen molar-refractivity contribution in [1.29, 1.82) is 0 Å². The van der Waals surface area contributed by atoms with Gasteiger partial charge in [-0.05, 0) is 12.3 Å². The summed E-state index contributed by atoms with van der Waals surface area (Å²) in [6.45, 7) is 5.83. The molecular formula is C12H15N3O2. The Hall–Kier alpha value is -1.65. The van der Waals surface area contributed by atoms with Gasteiger partial charge < -0.3 is 0 Å². The zero-order valence-corrected chi connectivity index (χ0v) is 10.1. The molecule has 2 aliphatic rings. The summed E-state index contributed by atoms with van der Waals surface area (Å²) in [6.07, 6.45) is 3.38. The van der Waals surface area contributed by atoms with Crippen LogP contribution in [-0.4, -0.2) is 26.9 Å². The van der Waals surface area contributed by atoms with Crippen molar-refractivity contribution < 1.29 is 9.59 Å². The predicted molar refractivity (Wildman–Crippen MR) is 59.6 cm³/mol. The second-order valence-electron chi connectivity index (χ2n) is 5.53. The first kappa shape index (κ1) is 10.5. The number of aromatic nitrogens is 2. The van der Waals surface area contributed by atoms with Gasteiger partial charge in [-0.25, -0.2) is 0 Å². The van der Waals surface area contributed by atoms with E-state index in [-0.39, 0.29) is 35.1 Å². The highest BCUT2D eigenvalue weighted by Gasteiger charge is 2.72. The smallest absolute Gasteiger partial charge is 0.234 e. The summed E-state index contributed by atoms with van der Waals surface area (Å²) in [7, 11) is 0. The standard InChI is InChI=1S/C12H15N3O2/c1-6(7-4-13-14-5-7)15-10(16)8-9(11(15)17)12(8,2)3/h4-6,8-9H,1-3H3,(H,13,14). The minimum Gasteiger partial charge on any atom is -0.285 e. The summed E-state index contributed by atoms with van der Waals surface area (Å²) in [5, 5.41) is 6.55. The van der Waals surface area contributed by atoms with Crippen LogP contribution in [0, 0.1) is 17.3 Å². The number of carbonyl (C=O) groups is 2. The van der Waals surface area contributed by atoms with E-state index in [0.717, 1.165) is 5.56 Å². The number of piperidine rings is 1. The van der Waals surface area contributed by atoms with E-state index in [1.807, 2.05) is 20.8 Å². The van der Waals surface area contributed by atoms with Crippen LogP contribution in [0.5, 0.6) is 0 Å². The van der Waals surface area contributed by atoms with E-state index in [0.29, 0.717) is 0 Å². The molecule has 0 bridgehead atoms. The summed E-state index contributed by atoms with van der Waals surface area (Å²) < 4.78 is 0. The molecule has 1 aromatic heterocycles. The predicted octanol–water partition coefficient (Wildman–Crippen LogP) is 1.11. The maximum absolute atomic E-state index is 12.2. The lowest BCUT2D eigenvalue weighted by molar-refractivity contribution is -0.145. The van der Waals surface area contributed by atoms with Crippen molar-refractivity contribution in [3.8, 4) is 0 Å². The molecule has 5 heteroatoms. The third kappa shape index (κ3) is 1.16. The van der Waals surface area contributed by atoms with Crippen LogP contribution >= 0.6 is 0 Å². The Kier molecular flexibility index (Phi) is 1.83. The zero-order valence-electron chi connectivity index (χ0n) is 10.1. The Bertz CT molecular complexity index is 468. The highest BCUT2D eigenvalue weighted by molar-refractivity contribution is 6.10. The van der Waals surface area contributed by atoms with E-state index >= 15 is 0 Å². The molecule has 2 amide bonds. The van der Waals surface area contributed by atoms with E-state index in [9.17, 15) is 9.59 Å². The molecule has 17 heavy (non-hydrogen) atoms. The molecule has 1 saturated heterocycles. The molecule has 0 spiro atoms. The number of rotatable bonds is 2. The van der Waals surface area contributed by atoms with Gasteiger partial charge in [0.05, 0.1) is 24.1 Å². The zero-order chi connectivity index (χ0) is 12.4. The normalized spacial score (nSPS) is 31.6. The molecule has 1 aliphatic carbocycles. The molecule has 0 aromatic carbocycles. The fraction of sp³-hybridized carbons (Fsp3) is 0.583. The number of aromatic amines is 1. The molecule has 1 saturated carbocycles. The summed E-state index contributed by atoms with van der Waals surface area (Å²) in [4.78, 5) is 25.8. The van der Waals surface area contributed by atoms with Crippen LogP contribution in [0.25, 0.3) is 0 Å².